The molecule has 43 heavy (non-hydrogen) atoms. The summed E-state index contributed by atoms with van der Waals surface area (Å²) in [5.74, 6) is 4.06. The van der Waals surface area contributed by atoms with Crippen molar-refractivity contribution in [3.05, 3.63) is 48.5 Å². The molecule has 5 fully saturated rings. The number of rotatable bonds is 4. The molecule has 231 valence electrons. The molecule has 6 aliphatic rings. The Morgan fingerprint density at radius 2 is 1.26 bits per heavy atom. The third kappa shape index (κ3) is 8.92. The average Bonchev–Trinajstić information content (AvgIpc) is 3.85. The minimum absolute atomic E-state index is 0. The Bertz CT molecular complexity index is 1060. The van der Waals surface area contributed by atoms with E-state index in [0.717, 1.165) is 0 Å². The van der Waals surface area contributed by atoms with Crippen LogP contribution in [-0.4, -0.2) is 85.1 Å². The predicted octanol–water partition coefficient (Wildman–Crippen LogP) is 4.15. The van der Waals surface area contributed by atoms with E-state index in [0.29, 0.717) is 70.8 Å². The van der Waals surface area contributed by atoms with Crippen LogP contribution in [0.3, 0.4) is 0 Å². The zero-order valence-corrected chi connectivity index (χ0v) is 27.5. The summed E-state index contributed by atoms with van der Waals surface area (Å²) in [4.78, 5) is 0. The molecule has 1 aromatic heterocycles. The van der Waals surface area contributed by atoms with Crippen molar-refractivity contribution in [1.29, 1.82) is 5.26 Å². The van der Waals surface area contributed by atoms with Gasteiger partial charge in [-0.15, -0.1) is 6.42 Å². The van der Waals surface area contributed by atoms with Crippen molar-refractivity contribution in [2.45, 2.75) is 50.2 Å². The van der Waals surface area contributed by atoms with Crippen LogP contribution in [0.2, 0.25) is 0 Å². The third-order valence-electron chi connectivity index (χ3n) is 6.72. The maximum Gasteiger partial charge on any atom is 0.217 e. The number of fused-ring (bicyclic) bond motifs is 2. The topological polar surface area (TPSA) is 120 Å². The van der Waals surface area contributed by atoms with Crippen LogP contribution in [0.5, 0.6) is 0 Å². The predicted molar refractivity (Wildman–Crippen MR) is 152 cm³/mol. The van der Waals surface area contributed by atoms with Crippen LogP contribution in [0, 0.1) is 29.6 Å². The van der Waals surface area contributed by atoms with Crippen molar-refractivity contribution in [2.75, 3.05) is 52.9 Å². The molecule has 6 aliphatic heterocycles. The number of hydrogen-bond acceptors (Lipinski definition) is 11. The van der Waals surface area contributed by atoms with Gasteiger partial charge in [0, 0.05) is 20.9 Å². The van der Waals surface area contributed by atoms with Crippen LogP contribution < -0.4 is 0 Å². The summed E-state index contributed by atoms with van der Waals surface area (Å²) in [5.41, 5.74) is -1.29. The van der Waals surface area contributed by atoms with Gasteiger partial charge in [0.1, 0.15) is 5.60 Å². The zero-order valence-electron chi connectivity index (χ0n) is 23.0. The maximum atomic E-state index is 7.51. The molecule has 15 heteroatoms. The van der Waals surface area contributed by atoms with Crippen molar-refractivity contribution in [3.8, 4) is 18.4 Å². The molecule has 11 nitrogen and oxygen atoms in total. The first-order valence-electron chi connectivity index (χ1n) is 13.1. The number of allylic oxidation sites excluding steroid dienone is 1. The van der Waals surface area contributed by atoms with Crippen molar-refractivity contribution in [3.63, 3.8) is 0 Å². The molecule has 2 bridgehead atoms. The van der Waals surface area contributed by atoms with Gasteiger partial charge < -0.3 is 47.0 Å². The smallest absolute Gasteiger partial charge is 0.217 e. The van der Waals surface area contributed by atoms with Crippen molar-refractivity contribution >= 4 is 27.8 Å². The molecule has 3 unspecified atom stereocenters. The molecule has 0 saturated carbocycles. The first-order valence-corrected chi connectivity index (χ1v) is 20.9. The fourth-order valence-corrected chi connectivity index (χ4v) is 5.07. The van der Waals surface area contributed by atoms with Gasteiger partial charge in [-0.2, -0.15) is 5.26 Å². The molecule has 3 atom stereocenters. The molecule has 0 aliphatic carbocycles. The van der Waals surface area contributed by atoms with E-state index in [1.54, 1.807) is 6.07 Å². The molecule has 0 amide bonds. The van der Waals surface area contributed by atoms with Crippen LogP contribution in [0.1, 0.15) is 37.9 Å². The summed E-state index contributed by atoms with van der Waals surface area (Å²) in [6, 6.07) is 5.35. The van der Waals surface area contributed by atoms with E-state index in [1.165, 1.54) is 6.08 Å². The molecule has 5 saturated heterocycles. The van der Waals surface area contributed by atoms with E-state index < -0.39 is 32.6 Å². The number of furan rings is 1. The zero-order chi connectivity index (χ0) is 29.1. The van der Waals surface area contributed by atoms with Gasteiger partial charge >= 0.3 is 34.5 Å². The van der Waals surface area contributed by atoms with Gasteiger partial charge in [-0.05, 0) is 24.3 Å². The molecule has 7 heterocycles. The first-order chi connectivity index (χ1) is 20.1. The van der Waals surface area contributed by atoms with Crippen molar-refractivity contribution in [2.24, 2.45) is 5.92 Å². The van der Waals surface area contributed by atoms with Crippen LogP contribution in [0.4, 0.5) is 0 Å². The molecule has 7 rings (SSSR count). The summed E-state index contributed by atoms with van der Waals surface area (Å²) in [5, 5.41) is 7.51. The Morgan fingerprint density at radius 1 is 0.837 bits per heavy atom. The van der Waals surface area contributed by atoms with Gasteiger partial charge in [-0.3, -0.25) is 0 Å². The number of nitrogens with zero attached hydrogens (tertiary/aromatic N) is 1. The second-order valence-corrected chi connectivity index (χ2v) is 13.8. The van der Waals surface area contributed by atoms with Crippen LogP contribution in [-0.2, 0) is 57.8 Å². The van der Waals surface area contributed by atoms with Gasteiger partial charge in [0.25, 0.3) is 0 Å². The van der Waals surface area contributed by atoms with Gasteiger partial charge in [0.05, 0.1) is 64.8 Å². The van der Waals surface area contributed by atoms with E-state index in [9.17, 15) is 0 Å². The largest absolute Gasteiger partial charge is 0.455 e. The minimum atomic E-state index is -0.931. The summed E-state index contributed by atoms with van der Waals surface area (Å²) in [7, 11) is 9.90. The summed E-state index contributed by atoms with van der Waals surface area (Å²) < 4.78 is 55.5. The van der Waals surface area contributed by atoms with Crippen molar-refractivity contribution in [1.82, 2.24) is 0 Å². The number of nitriles is 1. The van der Waals surface area contributed by atoms with Crippen LogP contribution in [0.15, 0.2) is 41.4 Å². The van der Waals surface area contributed by atoms with Crippen LogP contribution >= 0.6 is 19.4 Å². The Balaban J connectivity index is 0.000000242. The van der Waals surface area contributed by atoms with E-state index in [1.807, 2.05) is 24.3 Å². The molecule has 0 N–H and O–H groups in total. The first kappa shape index (κ1) is 37.9. The Kier molecular flexibility index (Phi) is 16.4. The number of halogens is 2. The van der Waals surface area contributed by atoms with Crippen molar-refractivity contribution < 1.29 is 62.2 Å². The Labute approximate surface area is 270 Å². The molecular formula is C28H35BCl2NO10Zn. The standard InChI is InChI=1S/C14H16O5.C10H12O5.C3H3N.CH4.B.2ClH.Zn/c1-2-10-9-13(11-15-5-6-16-11)3-4-14(10,19-13)12-17-7-8-18-12;1-2-8(10-13-5-6-14-10)15-7(1)9-11-3-4-12-9;1-2-3-4;;;;;/h1,3-4,10-12H,5-9H2;1-2,9-10H,3-6H2;2H,1H2;1H4;;2*1H;/q;;;;;;;+2/p-2. The molecule has 0 spiro atoms. The monoisotopic (exact) mass is 690 g/mol. The minimum Gasteiger partial charge on any atom is -0.455 e. The number of hydrogen-bond donors (Lipinski definition) is 0. The van der Waals surface area contributed by atoms with E-state index in [4.69, 9.17) is 78.1 Å². The molecular weight excluding hydrogens is 657 g/mol. The maximum absolute atomic E-state index is 7.51. The second kappa shape index (κ2) is 18.6. The van der Waals surface area contributed by atoms with Gasteiger partial charge in [0.2, 0.25) is 12.6 Å². The van der Waals surface area contributed by atoms with E-state index >= 15 is 0 Å². The summed E-state index contributed by atoms with van der Waals surface area (Å²) in [6.45, 7) is 7.88. The fourth-order valence-electron chi connectivity index (χ4n) is 5.07. The third-order valence-corrected chi connectivity index (χ3v) is 6.72. The fraction of sp³-hybridized carbons (Fsp3) is 0.607. The van der Waals surface area contributed by atoms with Gasteiger partial charge in [-0.25, -0.2) is 0 Å². The Hall–Kier alpha value is -1.28. The summed E-state index contributed by atoms with van der Waals surface area (Å²) in [6.07, 6.45) is 9.94. The van der Waals surface area contributed by atoms with E-state index in [-0.39, 0.29) is 40.6 Å². The summed E-state index contributed by atoms with van der Waals surface area (Å²) >= 11 is -0.931. The quantitative estimate of drug-likeness (QED) is 0.196. The SMILES string of the molecule is C.C#CC1CC2(C3OCCO3)C=CC1(C1OCCO1)O2.C=CC#N.[B].[Cl][Zn][Cl].c1cc(C2OCCO2)oc1C1OCCO1. The normalized spacial score (nSPS) is 29.3. The van der Waals surface area contributed by atoms with Crippen LogP contribution in [0.25, 0.3) is 0 Å². The number of terminal acetylenes is 1. The second-order valence-electron chi connectivity index (χ2n) is 9.14. The van der Waals surface area contributed by atoms with Gasteiger partial charge in [-0.1, -0.05) is 19.9 Å². The number of ether oxygens (including phenoxy) is 9. The van der Waals surface area contributed by atoms with E-state index in [2.05, 4.69) is 12.5 Å². The van der Waals surface area contributed by atoms with Gasteiger partial charge in [0.15, 0.2) is 29.7 Å². The Morgan fingerprint density at radius 3 is 1.67 bits per heavy atom. The average molecular weight is 693 g/mol. The molecule has 1 aromatic rings. The molecule has 3 radical (unpaired) electrons. The molecule has 0 aromatic carbocycles.